The molecule has 2 aromatic carbocycles. The summed E-state index contributed by atoms with van der Waals surface area (Å²) in [6.45, 7) is 3.88. The van der Waals surface area contributed by atoms with E-state index in [1.165, 1.54) is 12.1 Å². The van der Waals surface area contributed by atoms with E-state index in [-0.39, 0.29) is 17.5 Å². The molecule has 0 aliphatic heterocycles. The van der Waals surface area contributed by atoms with Crippen LogP contribution in [0.3, 0.4) is 0 Å². The SMILES string of the molecule is CC(C)Oc1ccc(C=CC(=O)c2ccc(F)c(F)c2)cc1. The zero-order valence-electron chi connectivity index (χ0n) is 12.3. The average molecular weight is 302 g/mol. The number of benzene rings is 2. The lowest BCUT2D eigenvalue weighted by Crippen LogP contribution is -2.05. The summed E-state index contributed by atoms with van der Waals surface area (Å²) >= 11 is 0. The van der Waals surface area contributed by atoms with E-state index < -0.39 is 11.6 Å². The molecular weight excluding hydrogens is 286 g/mol. The number of ketones is 1. The van der Waals surface area contributed by atoms with Gasteiger partial charge in [-0.1, -0.05) is 18.2 Å². The van der Waals surface area contributed by atoms with Gasteiger partial charge in [0, 0.05) is 5.56 Å². The monoisotopic (exact) mass is 302 g/mol. The fourth-order valence-electron chi connectivity index (χ4n) is 1.85. The van der Waals surface area contributed by atoms with E-state index in [4.69, 9.17) is 4.74 Å². The molecule has 0 amide bonds. The molecule has 4 heteroatoms. The van der Waals surface area contributed by atoms with E-state index in [9.17, 15) is 13.6 Å². The molecule has 0 N–H and O–H groups in total. The first-order valence-electron chi connectivity index (χ1n) is 6.90. The third kappa shape index (κ3) is 4.25. The van der Waals surface area contributed by atoms with Crippen molar-refractivity contribution in [2.75, 3.05) is 0 Å². The summed E-state index contributed by atoms with van der Waals surface area (Å²) in [5.41, 5.74) is 0.918. The molecule has 0 saturated carbocycles. The quantitative estimate of drug-likeness (QED) is 0.593. The topological polar surface area (TPSA) is 26.3 Å². The Bertz CT molecular complexity index is 689. The molecule has 0 fully saturated rings. The van der Waals surface area contributed by atoms with Crippen LogP contribution in [0.4, 0.5) is 8.78 Å². The Morgan fingerprint density at radius 1 is 1.05 bits per heavy atom. The highest BCUT2D eigenvalue weighted by molar-refractivity contribution is 6.06. The largest absolute Gasteiger partial charge is 0.491 e. The van der Waals surface area contributed by atoms with E-state index in [0.717, 1.165) is 23.4 Å². The molecule has 22 heavy (non-hydrogen) atoms. The number of carbonyl (C=O) groups excluding carboxylic acids is 1. The normalized spacial score (nSPS) is 11.1. The fourth-order valence-corrected chi connectivity index (χ4v) is 1.85. The highest BCUT2D eigenvalue weighted by Gasteiger charge is 2.07. The molecular formula is C18H16F2O2. The Labute approximate surface area is 128 Å². The number of halogens is 2. The molecule has 0 saturated heterocycles. The van der Waals surface area contributed by atoms with E-state index in [0.29, 0.717) is 0 Å². The zero-order valence-corrected chi connectivity index (χ0v) is 12.3. The molecule has 0 unspecified atom stereocenters. The van der Waals surface area contributed by atoms with E-state index in [1.54, 1.807) is 6.08 Å². The van der Waals surface area contributed by atoms with Crippen molar-refractivity contribution in [1.82, 2.24) is 0 Å². The van der Waals surface area contributed by atoms with Crippen molar-refractivity contribution in [3.8, 4) is 5.75 Å². The van der Waals surface area contributed by atoms with Crippen LogP contribution in [0.5, 0.6) is 5.75 Å². The van der Waals surface area contributed by atoms with Crippen LogP contribution in [-0.4, -0.2) is 11.9 Å². The van der Waals surface area contributed by atoms with Crippen LogP contribution >= 0.6 is 0 Å². The van der Waals surface area contributed by atoms with Gasteiger partial charge in [-0.15, -0.1) is 0 Å². The van der Waals surface area contributed by atoms with Gasteiger partial charge in [0.1, 0.15) is 5.75 Å². The van der Waals surface area contributed by atoms with Crippen LogP contribution in [0.2, 0.25) is 0 Å². The Hall–Kier alpha value is -2.49. The number of rotatable bonds is 5. The van der Waals surface area contributed by atoms with Gasteiger partial charge in [-0.25, -0.2) is 8.78 Å². The van der Waals surface area contributed by atoms with Gasteiger partial charge >= 0.3 is 0 Å². The summed E-state index contributed by atoms with van der Waals surface area (Å²) in [6, 6.07) is 10.3. The second-order valence-corrected chi connectivity index (χ2v) is 5.06. The van der Waals surface area contributed by atoms with Gasteiger partial charge in [-0.2, -0.15) is 0 Å². The maximum atomic E-state index is 13.1. The number of carbonyl (C=O) groups is 1. The zero-order chi connectivity index (χ0) is 16.1. The molecule has 0 radical (unpaired) electrons. The van der Waals surface area contributed by atoms with Gasteiger partial charge in [0.25, 0.3) is 0 Å². The average Bonchev–Trinajstić information content (AvgIpc) is 2.48. The minimum Gasteiger partial charge on any atom is -0.491 e. The lowest BCUT2D eigenvalue weighted by Gasteiger charge is -2.09. The minimum absolute atomic E-state index is 0.0938. The maximum Gasteiger partial charge on any atom is 0.185 e. The molecule has 114 valence electrons. The van der Waals surface area contributed by atoms with Gasteiger partial charge < -0.3 is 4.74 Å². The molecule has 0 heterocycles. The third-order valence-corrected chi connectivity index (χ3v) is 2.88. The Kier molecular flexibility index (Phi) is 5.04. The fraction of sp³-hybridized carbons (Fsp3) is 0.167. The molecule has 2 aromatic rings. The van der Waals surface area contributed by atoms with Crippen molar-refractivity contribution in [2.24, 2.45) is 0 Å². The Balaban J connectivity index is 2.07. The van der Waals surface area contributed by atoms with Gasteiger partial charge in [0.2, 0.25) is 0 Å². The van der Waals surface area contributed by atoms with Gasteiger partial charge in [-0.05, 0) is 55.8 Å². The highest BCUT2D eigenvalue weighted by atomic mass is 19.2. The number of ether oxygens (including phenoxy) is 1. The lowest BCUT2D eigenvalue weighted by atomic mass is 10.1. The molecule has 0 aliphatic carbocycles. The van der Waals surface area contributed by atoms with Crippen molar-refractivity contribution >= 4 is 11.9 Å². The van der Waals surface area contributed by atoms with Gasteiger partial charge in [-0.3, -0.25) is 4.79 Å². The Morgan fingerprint density at radius 2 is 1.73 bits per heavy atom. The number of allylic oxidation sites excluding steroid dienone is 1. The van der Waals surface area contributed by atoms with Crippen LogP contribution in [-0.2, 0) is 0 Å². The third-order valence-electron chi connectivity index (χ3n) is 2.88. The first-order valence-corrected chi connectivity index (χ1v) is 6.90. The minimum atomic E-state index is -1.03. The summed E-state index contributed by atoms with van der Waals surface area (Å²) in [7, 11) is 0. The first-order chi connectivity index (χ1) is 10.5. The smallest absolute Gasteiger partial charge is 0.185 e. The van der Waals surface area contributed by atoms with Crippen molar-refractivity contribution in [1.29, 1.82) is 0 Å². The van der Waals surface area contributed by atoms with Gasteiger partial charge in [0.15, 0.2) is 17.4 Å². The summed E-state index contributed by atoms with van der Waals surface area (Å²) in [5, 5.41) is 0. The predicted molar refractivity (Wildman–Crippen MR) is 81.9 cm³/mol. The summed E-state index contributed by atoms with van der Waals surface area (Å²) in [4.78, 5) is 11.9. The second kappa shape index (κ2) is 6.98. The lowest BCUT2D eigenvalue weighted by molar-refractivity contribution is 0.104. The van der Waals surface area contributed by atoms with Crippen LogP contribution < -0.4 is 4.74 Å². The summed E-state index contributed by atoms with van der Waals surface area (Å²) < 4.78 is 31.4. The number of hydrogen-bond donors (Lipinski definition) is 0. The molecule has 0 spiro atoms. The van der Waals surface area contributed by atoms with Crippen LogP contribution in [0.25, 0.3) is 6.08 Å². The first kappa shape index (κ1) is 15.9. The Morgan fingerprint density at radius 3 is 2.32 bits per heavy atom. The second-order valence-electron chi connectivity index (χ2n) is 5.06. The van der Waals surface area contributed by atoms with Crippen molar-refractivity contribution in [3.05, 3.63) is 71.3 Å². The van der Waals surface area contributed by atoms with Crippen LogP contribution in [0.1, 0.15) is 29.8 Å². The standard InChI is InChI=1S/C18H16F2O2/c1-12(2)22-15-7-3-13(4-8-15)5-10-18(21)14-6-9-16(19)17(20)11-14/h3-12H,1-2H3. The maximum absolute atomic E-state index is 13.1. The highest BCUT2D eigenvalue weighted by Crippen LogP contribution is 2.15. The molecule has 0 atom stereocenters. The van der Waals surface area contributed by atoms with Crippen LogP contribution in [0, 0.1) is 11.6 Å². The van der Waals surface area contributed by atoms with Crippen LogP contribution in [0.15, 0.2) is 48.5 Å². The number of hydrogen-bond acceptors (Lipinski definition) is 2. The van der Waals surface area contributed by atoms with Crippen molar-refractivity contribution in [3.63, 3.8) is 0 Å². The van der Waals surface area contributed by atoms with E-state index in [1.807, 2.05) is 38.1 Å². The molecule has 2 nitrogen and oxygen atoms in total. The van der Waals surface area contributed by atoms with E-state index >= 15 is 0 Å². The molecule has 2 rings (SSSR count). The molecule has 0 aliphatic rings. The summed E-state index contributed by atoms with van der Waals surface area (Å²) in [6.07, 6.45) is 3.03. The molecule has 0 bridgehead atoms. The van der Waals surface area contributed by atoms with Gasteiger partial charge in [0.05, 0.1) is 6.10 Å². The predicted octanol–water partition coefficient (Wildman–Crippen LogP) is 4.65. The molecule has 0 aromatic heterocycles. The summed E-state index contributed by atoms with van der Waals surface area (Å²) in [5.74, 6) is -1.64. The van der Waals surface area contributed by atoms with Crippen molar-refractivity contribution in [2.45, 2.75) is 20.0 Å². The van der Waals surface area contributed by atoms with Crippen molar-refractivity contribution < 1.29 is 18.3 Å². The van der Waals surface area contributed by atoms with E-state index in [2.05, 4.69) is 0 Å².